The van der Waals surface area contributed by atoms with Crippen molar-refractivity contribution in [3.05, 3.63) is 72.3 Å². The van der Waals surface area contributed by atoms with E-state index in [-0.39, 0.29) is 11.7 Å². The highest BCUT2D eigenvalue weighted by Crippen LogP contribution is 2.22. The summed E-state index contributed by atoms with van der Waals surface area (Å²) in [5, 5.41) is 0. The van der Waals surface area contributed by atoms with Gasteiger partial charge in [-0.25, -0.2) is 14.4 Å². The van der Waals surface area contributed by atoms with Crippen molar-refractivity contribution >= 4 is 11.7 Å². The van der Waals surface area contributed by atoms with Crippen molar-refractivity contribution in [2.75, 3.05) is 38.2 Å². The Morgan fingerprint density at radius 2 is 1.70 bits per heavy atom. The number of hydrogen-bond donors (Lipinski definition) is 0. The number of rotatable bonds is 5. The molecule has 0 radical (unpaired) electrons. The van der Waals surface area contributed by atoms with Crippen molar-refractivity contribution in [2.45, 2.75) is 6.42 Å². The van der Waals surface area contributed by atoms with Crippen molar-refractivity contribution in [1.29, 1.82) is 0 Å². The monoisotopic (exact) mass is 406 g/mol. The molecule has 2 heterocycles. The van der Waals surface area contributed by atoms with E-state index >= 15 is 0 Å². The number of amides is 1. The summed E-state index contributed by atoms with van der Waals surface area (Å²) in [5.41, 5.74) is 2.56. The molecule has 0 aliphatic carbocycles. The van der Waals surface area contributed by atoms with Gasteiger partial charge in [0, 0.05) is 37.8 Å². The number of piperazine rings is 1. The predicted octanol–water partition coefficient (Wildman–Crippen LogP) is 3.18. The normalized spacial score (nSPS) is 13.9. The molecule has 2 aromatic carbocycles. The van der Waals surface area contributed by atoms with Crippen LogP contribution in [0.1, 0.15) is 5.56 Å². The number of ether oxygens (including phenoxy) is 1. The van der Waals surface area contributed by atoms with Crippen LogP contribution in [0, 0.1) is 5.82 Å². The minimum atomic E-state index is -0.275. The molecule has 0 spiro atoms. The Hall–Kier alpha value is -3.48. The molecular weight excluding hydrogens is 383 g/mol. The first kappa shape index (κ1) is 19.8. The molecule has 0 bridgehead atoms. The first-order valence-corrected chi connectivity index (χ1v) is 9.86. The third-order valence-electron chi connectivity index (χ3n) is 5.26. The van der Waals surface area contributed by atoms with Crippen molar-refractivity contribution in [2.24, 2.45) is 0 Å². The van der Waals surface area contributed by atoms with E-state index in [4.69, 9.17) is 4.74 Å². The second-order valence-electron chi connectivity index (χ2n) is 7.16. The summed E-state index contributed by atoms with van der Waals surface area (Å²) in [7, 11) is 1.62. The van der Waals surface area contributed by atoms with E-state index < -0.39 is 0 Å². The standard InChI is InChI=1S/C23H23FN4O2/c1-30-20-8-2-17(3-9-20)14-23(29)28-12-10-27(11-13-28)22-15-21(25-16-26-22)18-4-6-19(24)7-5-18/h2-9,15-16H,10-14H2,1H3. The maximum Gasteiger partial charge on any atom is 0.227 e. The third kappa shape index (κ3) is 4.56. The summed E-state index contributed by atoms with van der Waals surface area (Å²) in [5.74, 6) is 1.44. The fraction of sp³-hybridized carbons (Fsp3) is 0.261. The maximum atomic E-state index is 13.2. The highest BCUT2D eigenvalue weighted by Gasteiger charge is 2.22. The van der Waals surface area contributed by atoms with Crippen LogP contribution >= 0.6 is 0 Å². The molecule has 1 saturated heterocycles. The molecule has 1 amide bonds. The second-order valence-corrected chi connectivity index (χ2v) is 7.16. The smallest absolute Gasteiger partial charge is 0.227 e. The molecule has 0 atom stereocenters. The Morgan fingerprint density at radius 3 is 2.37 bits per heavy atom. The van der Waals surface area contributed by atoms with Crippen LogP contribution in [0.2, 0.25) is 0 Å². The number of nitrogens with zero attached hydrogens (tertiary/aromatic N) is 4. The lowest BCUT2D eigenvalue weighted by molar-refractivity contribution is -0.130. The second kappa shape index (κ2) is 8.90. The van der Waals surface area contributed by atoms with Gasteiger partial charge in [0.2, 0.25) is 5.91 Å². The Morgan fingerprint density at radius 1 is 1.00 bits per heavy atom. The number of carbonyl (C=O) groups excluding carboxylic acids is 1. The molecular formula is C23H23FN4O2. The van der Waals surface area contributed by atoms with E-state index in [0.717, 1.165) is 28.4 Å². The van der Waals surface area contributed by atoms with Gasteiger partial charge >= 0.3 is 0 Å². The Kier molecular flexibility index (Phi) is 5.88. The van der Waals surface area contributed by atoms with Gasteiger partial charge in [0.05, 0.1) is 19.2 Å². The minimum absolute atomic E-state index is 0.120. The van der Waals surface area contributed by atoms with Gasteiger partial charge in [-0.05, 0) is 42.0 Å². The summed E-state index contributed by atoms with van der Waals surface area (Å²) in [6.07, 6.45) is 1.90. The maximum absolute atomic E-state index is 13.2. The molecule has 1 aliphatic rings. The fourth-order valence-corrected chi connectivity index (χ4v) is 3.51. The third-order valence-corrected chi connectivity index (χ3v) is 5.26. The summed E-state index contributed by atoms with van der Waals surface area (Å²) in [6, 6.07) is 15.7. The highest BCUT2D eigenvalue weighted by molar-refractivity contribution is 5.79. The number of methoxy groups -OCH3 is 1. The van der Waals surface area contributed by atoms with Crippen LogP contribution in [0.25, 0.3) is 11.3 Å². The van der Waals surface area contributed by atoms with Gasteiger partial charge in [-0.15, -0.1) is 0 Å². The topological polar surface area (TPSA) is 58.6 Å². The van der Waals surface area contributed by atoms with Crippen LogP contribution in [0.15, 0.2) is 60.9 Å². The first-order chi connectivity index (χ1) is 14.6. The zero-order chi connectivity index (χ0) is 20.9. The summed E-state index contributed by atoms with van der Waals surface area (Å²) in [4.78, 5) is 25.4. The molecule has 0 unspecified atom stereocenters. The van der Waals surface area contributed by atoms with Crippen molar-refractivity contribution < 1.29 is 13.9 Å². The van der Waals surface area contributed by atoms with Crippen LogP contribution in [-0.4, -0.2) is 54.1 Å². The number of benzene rings is 2. The van der Waals surface area contributed by atoms with Crippen LogP contribution in [0.4, 0.5) is 10.2 Å². The Balaban J connectivity index is 1.36. The zero-order valence-electron chi connectivity index (χ0n) is 16.8. The van der Waals surface area contributed by atoms with Crippen LogP contribution in [0.3, 0.4) is 0 Å². The van der Waals surface area contributed by atoms with Gasteiger partial charge in [-0.3, -0.25) is 4.79 Å². The van der Waals surface area contributed by atoms with E-state index in [1.807, 2.05) is 35.2 Å². The van der Waals surface area contributed by atoms with Gasteiger partial charge in [0.25, 0.3) is 0 Å². The molecule has 154 valence electrons. The number of hydrogen-bond acceptors (Lipinski definition) is 5. The lowest BCUT2D eigenvalue weighted by Gasteiger charge is -2.35. The van der Waals surface area contributed by atoms with E-state index in [0.29, 0.717) is 32.6 Å². The van der Waals surface area contributed by atoms with Gasteiger partial charge in [-0.2, -0.15) is 0 Å². The average molecular weight is 406 g/mol. The Bertz CT molecular complexity index is 1000. The molecule has 7 heteroatoms. The van der Waals surface area contributed by atoms with Crippen LogP contribution < -0.4 is 9.64 Å². The molecule has 6 nitrogen and oxygen atoms in total. The molecule has 1 fully saturated rings. The van der Waals surface area contributed by atoms with Crippen molar-refractivity contribution in [3.8, 4) is 17.0 Å². The van der Waals surface area contributed by atoms with Crippen molar-refractivity contribution in [3.63, 3.8) is 0 Å². The molecule has 0 N–H and O–H groups in total. The number of anilines is 1. The van der Waals surface area contributed by atoms with E-state index in [1.54, 1.807) is 19.2 Å². The lowest BCUT2D eigenvalue weighted by Crippen LogP contribution is -2.49. The minimum Gasteiger partial charge on any atom is -0.497 e. The molecule has 1 aliphatic heterocycles. The van der Waals surface area contributed by atoms with Crippen molar-refractivity contribution in [1.82, 2.24) is 14.9 Å². The summed E-state index contributed by atoms with van der Waals surface area (Å²) in [6.45, 7) is 2.69. The largest absolute Gasteiger partial charge is 0.497 e. The van der Waals surface area contributed by atoms with Crippen LogP contribution in [-0.2, 0) is 11.2 Å². The molecule has 30 heavy (non-hydrogen) atoms. The molecule has 3 aromatic rings. The summed E-state index contributed by atoms with van der Waals surface area (Å²) >= 11 is 0. The number of carbonyl (C=O) groups is 1. The quantitative estimate of drug-likeness (QED) is 0.651. The molecule has 0 saturated carbocycles. The molecule has 4 rings (SSSR count). The Labute approximate surface area is 174 Å². The number of halogens is 1. The SMILES string of the molecule is COc1ccc(CC(=O)N2CCN(c3cc(-c4ccc(F)cc4)ncn3)CC2)cc1. The molecule has 1 aromatic heterocycles. The average Bonchev–Trinajstić information content (AvgIpc) is 2.80. The van der Waals surface area contributed by atoms with Crippen LogP contribution in [0.5, 0.6) is 5.75 Å². The predicted molar refractivity (Wildman–Crippen MR) is 113 cm³/mol. The summed E-state index contributed by atoms with van der Waals surface area (Å²) < 4.78 is 18.3. The van der Waals surface area contributed by atoms with E-state index in [1.165, 1.54) is 18.5 Å². The van der Waals surface area contributed by atoms with E-state index in [9.17, 15) is 9.18 Å². The lowest BCUT2D eigenvalue weighted by atomic mass is 10.1. The van der Waals surface area contributed by atoms with Gasteiger partial charge < -0.3 is 14.5 Å². The highest BCUT2D eigenvalue weighted by atomic mass is 19.1. The first-order valence-electron chi connectivity index (χ1n) is 9.86. The van der Waals surface area contributed by atoms with Gasteiger partial charge in [0.15, 0.2) is 0 Å². The van der Waals surface area contributed by atoms with Gasteiger partial charge in [0.1, 0.15) is 23.7 Å². The van der Waals surface area contributed by atoms with Gasteiger partial charge in [-0.1, -0.05) is 12.1 Å². The fourth-order valence-electron chi connectivity index (χ4n) is 3.51. The van der Waals surface area contributed by atoms with E-state index in [2.05, 4.69) is 14.9 Å². The number of aromatic nitrogens is 2. The zero-order valence-corrected chi connectivity index (χ0v) is 16.8.